The third kappa shape index (κ3) is 4.79. The van der Waals surface area contributed by atoms with Crippen LogP contribution in [0.15, 0.2) is 37.5 Å². The first-order valence-electron chi connectivity index (χ1n) is 10.5. The van der Waals surface area contributed by atoms with Gasteiger partial charge < -0.3 is 18.9 Å². The van der Waals surface area contributed by atoms with Crippen molar-refractivity contribution in [3.8, 4) is 0 Å². The van der Waals surface area contributed by atoms with Crippen molar-refractivity contribution >= 4 is 23.9 Å². The summed E-state index contributed by atoms with van der Waals surface area (Å²) in [6.07, 6.45) is 7.97. The van der Waals surface area contributed by atoms with Crippen LogP contribution in [-0.4, -0.2) is 52.3 Å². The van der Waals surface area contributed by atoms with Crippen molar-refractivity contribution in [3.63, 3.8) is 0 Å². The van der Waals surface area contributed by atoms with E-state index in [1.165, 1.54) is 28.4 Å². The van der Waals surface area contributed by atoms with Crippen LogP contribution in [0.3, 0.4) is 0 Å². The first-order valence-corrected chi connectivity index (χ1v) is 10.5. The fourth-order valence-electron chi connectivity index (χ4n) is 5.28. The van der Waals surface area contributed by atoms with Gasteiger partial charge in [-0.05, 0) is 36.5 Å². The van der Waals surface area contributed by atoms with Gasteiger partial charge in [-0.1, -0.05) is 24.3 Å². The van der Waals surface area contributed by atoms with E-state index < -0.39 is 47.5 Å². The molecular formula is C24H32O8. The van der Waals surface area contributed by atoms with E-state index >= 15 is 0 Å². The summed E-state index contributed by atoms with van der Waals surface area (Å²) in [5.41, 5.74) is 0. The van der Waals surface area contributed by atoms with Crippen molar-refractivity contribution in [1.82, 2.24) is 0 Å². The van der Waals surface area contributed by atoms with Gasteiger partial charge in [-0.15, -0.1) is 13.2 Å². The molecule has 0 aromatic carbocycles. The monoisotopic (exact) mass is 448 g/mol. The number of hydrogen-bond donors (Lipinski definition) is 0. The van der Waals surface area contributed by atoms with Gasteiger partial charge in [0.2, 0.25) is 0 Å². The summed E-state index contributed by atoms with van der Waals surface area (Å²) in [6.45, 7) is 7.60. The fraction of sp³-hybridized carbons (Fsp3) is 0.583. The molecule has 0 spiro atoms. The lowest BCUT2D eigenvalue weighted by atomic mass is 9.84. The molecule has 0 aromatic rings. The van der Waals surface area contributed by atoms with E-state index in [0.717, 1.165) is 0 Å². The van der Waals surface area contributed by atoms with Crippen LogP contribution in [0.25, 0.3) is 0 Å². The number of hydrogen-bond acceptors (Lipinski definition) is 8. The van der Waals surface area contributed by atoms with E-state index in [1.54, 1.807) is 12.2 Å². The molecule has 32 heavy (non-hydrogen) atoms. The number of carbonyl (C=O) groups is 4. The zero-order chi connectivity index (χ0) is 24.0. The molecule has 0 amide bonds. The lowest BCUT2D eigenvalue weighted by Gasteiger charge is -2.22. The Bertz CT molecular complexity index is 721. The maximum absolute atomic E-state index is 12.6. The van der Waals surface area contributed by atoms with Crippen LogP contribution in [-0.2, 0) is 38.1 Å². The molecule has 3 unspecified atom stereocenters. The molecule has 0 aliphatic heterocycles. The van der Waals surface area contributed by atoms with Gasteiger partial charge in [0, 0.05) is 0 Å². The fourth-order valence-corrected chi connectivity index (χ4v) is 5.28. The smallest absolute Gasteiger partial charge is 0.310 e. The predicted octanol–water partition coefficient (Wildman–Crippen LogP) is 2.34. The lowest BCUT2D eigenvalue weighted by Crippen LogP contribution is -2.33. The van der Waals surface area contributed by atoms with Crippen molar-refractivity contribution < 1.29 is 38.1 Å². The summed E-state index contributed by atoms with van der Waals surface area (Å²) in [4.78, 5) is 49.9. The average molecular weight is 449 g/mol. The summed E-state index contributed by atoms with van der Waals surface area (Å²) in [5.74, 6) is -6.06. The molecule has 0 radical (unpaired) electrons. The van der Waals surface area contributed by atoms with Crippen LogP contribution in [0.2, 0.25) is 0 Å². The third-order valence-corrected chi connectivity index (χ3v) is 6.81. The summed E-state index contributed by atoms with van der Waals surface area (Å²) < 4.78 is 19.8. The topological polar surface area (TPSA) is 105 Å². The SMILES string of the molecule is C=C[C@@H]1C[C@H](/C=C\[C@@H]2C[C@H](C=C)C(C(=O)OC)[C@@H]2C(=O)OC)C(C(=O)OC)C1C(=O)OC. The van der Waals surface area contributed by atoms with Gasteiger partial charge in [0.1, 0.15) is 0 Å². The van der Waals surface area contributed by atoms with Crippen molar-refractivity contribution in [3.05, 3.63) is 37.5 Å². The van der Waals surface area contributed by atoms with Gasteiger partial charge in [0.25, 0.3) is 0 Å². The van der Waals surface area contributed by atoms with Gasteiger partial charge in [0.15, 0.2) is 0 Å². The molecule has 8 atom stereocenters. The largest absolute Gasteiger partial charge is 0.469 e. The van der Waals surface area contributed by atoms with Gasteiger partial charge in [0.05, 0.1) is 52.1 Å². The molecule has 2 fully saturated rings. The molecule has 176 valence electrons. The Labute approximate surface area is 188 Å². The molecule has 2 aliphatic rings. The maximum Gasteiger partial charge on any atom is 0.310 e. The Morgan fingerprint density at radius 2 is 0.812 bits per heavy atom. The number of ether oxygens (including phenoxy) is 4. The van der Waals surface area contributed by atoms with Crippen LogP contribution in [0.5, 0.6) is 0 Å². The summed E-state index contributed by atoms with van der Waals surface area (Å²) in [5, 5.41) is 0. The highest BCUT2D eigenvalue weighted by Crippen LogP contribution is 2.47. The zero-order valence-corrected chi connectivity index (χ0v) is 19.0. The number of methoxy groups -OCH3 is 4. The maximum atomic E-state index is 12.6. The summed E-state index contributed by atoms with van der Waals surface area (Å²) in [6, 6.07) is 0. The second-order valence-electron chi connectivity index (χ2n) is 8.18. The number of esters is 4. The highest BCUT2D eigenvalue weighted by molar-refractivity contribution is 5.84. The van der Waals surface area contributed by atoms with Crippen LogP contribution in [0, 0.1) is 47.3 Å². The Balaban J connectivity index is 2.39. The Kier molecular flexibility index (Phi) is 8.80. The van der Waals surface area contributed by atoms with Crippen molar-refractivity contribution in [2.75, 3.05) is 28.4 Å². The minimum Gasteiger partial charge on any atom is -0.469 e. The first kappa shape index (κ1) is 25.4. The van der Waals surface area contributed by atoms with Crippen molar-refractivity contribution in [2.45, 2.75) is 12.8 Å². The molecule has 2 aliphatic carbocycles. The highest BCUT2D eigenvalue weighted by Gasteiger charge is 2.52. The van der Waals surface area contributed by atoms with E-state index in [4.69, 9.17) is 18.9 Å². The van der Waals surface area contributed by atoms with Crippen molar-refractivity contribution in [2.24, 2.45) is 47.3 Å². The van der Waals surface area contributed by atoms with Crippen LogP contribution < -0.4 is 0 Å². The number of allylic oxidation sites excluding steroid dienone is 4. The standard InChI is InChI=1S/C24H32O8/c1-7-13-11-15(19(23(27)31-5)17(13)21(25)29-3)9-10-16-12-14(8-2)18(22(26)30-4)20(16)24(28)32-6/h7-10,13-20H,1-2,11-12H2,3-6H3/b10-9-/t13-,14+,15+,16-,17?,18?,19+,20?/m0/s1. The van der Waals surface area contributed by atoms with Gasteiger partial charge in [-0.2, -0.15) is 0 Å². The van der Waals surface area contributed by atoms with Gasteiger partial charge >= 0.3 is 23.9 Å². The van der Waals surface area contributed by atoms with Gasteiger partial charge in [-0.3, -0.25) is 19.2 Å². The van der Waals surface area contributed by atoms with Crippen molar-refractivity contribution in [1.29, 1.82) is 0 Å². The Morgan fingerprint density at radius 3 is 1.03 bits per heavy atom. The van der Waals surface area contributed by atoms with Gasteiger partial charge in [-0.25, -0.2) is 0 Å². The minimum atomic E-state index is -0.740. The second-order valence-corrected chi connectivity index (χ2v) is 8.18. The Morgan fingerprint density at radius 1 is 0.562 bits per heavy atom. The summed E-state index contributed by atoms with van der Waals surface area (Å²) in [7, 11) is 5.11. The first-order chi connectivity index (χ1) is 15.3. The van der Waals surface area contributed by atoms with E-state index in [1.807, 2.05) is 12.2 Å². The van der Waals surface area contributed by atoms with E-state index in [2.05, 4.69) is 13.2 Å². The number of carbonyl (C=O) groups excluding carboxylic acids is 4. The van der Waals surface area contributed by atoms with E-state index in [-0.39, 0.29) is 23.7 Å². The lowest BCUT2D eigenvalue weighted by molar-refractivity contribution is -0.157. The third-order valence-electron chi connectivity index (χ3n) is 6.81. The van der Waals surface area contributed by atoms with Crippen LogP contribution in [0.4, 0.5) is 0 Å². The molecule has 2 rings (SSSR count). The van der Waals surface area contributed by atoms with Crippen LogP contribution in [0.1, 0.15) is 12.8 Å². The predicted molar refractivity (Wildman–Crippen MR) is 115 cm³/mol. The molecule has 0 aromatic heterocycles. The average Bonchev–Trinajstić information content (AvgIpc) is 3.38. The molecule has 0 heterocycles. The normalized spacial score (nSPS) is 34.0. The molecule has 8 nitrogen and oxygen atoms in total. The quantitative estimate of drug-likeness (QED) is 0.317. The minimum absolute atomic E-state index is 0.259. The molecule has 0 N–H and O–H groups in total. The molecular weight excluding hydrogens is 416 g/mol. The highest BCUT2D eigenvalue weighted by atomic mass is 16.5. The molecule has 0 bridgehead atoms. The molecule has 8 heteroatoms. The Hall–Kier alpha value is -2.90. The van der Waals surface area contributed by atoms with Crippen LogP contribution >= 0.6 is 0 Å². The summed E-state index contributed by atoms with van der Waals surface area (Å²) >= 11 is 0. The van der Waals surface area contributed by atoms with E-state index in [0.29, 0.717) is 12.8 Å². The second kappa shape index (κ2) is 11.1. The van der Waals surface area contributed by atoms with E-state index in [9.17, 15) is 19.2 Å². The number of rotatable bonds is 8. The molecule has 0 saturated heterocycles. The zero-order valence-electron chi connectivity index (χ0n) is 19.0. The molecule has 2 saturated carbocycles.